The zero-order chi connectivity index (χ0) is 11.9. The second-order valence-electron chi connectivity index (χ2n) is 4.12. The summed E-state index contributed by atoms with van der Waals surface area (Å²) < 4.78 is 15.0. The molecule has 0 unspecified atom stereocenters. The first-order valence-corrected chi connectivity index (χ1v) is 4.87. The largest absolute Gasteiger partial charge is 0.459 e. The topological polar surface area (TPSA) is 56.8 Å². The Labute approximate surface area is 91.1 Å². The molecule has 5 nitrogen and oxygen atoms in total. The molecule has 0 heterocycles. The molecular weight excluding hydrogens is 198 g/mol. The highest BCUT2D eigenvalue weighted by Gasteiger charge is 2.16. The van der Waals surface area contributed by atoms with Crippen LogP contribution in [-0.2, 0) is 19.0 Å². The molecule has 90 valence electrons. The van der Waals surface area contributed by atoms with Crippen LogP contribution in [0.3, 0.4) is 0 Å². The van der Waals surface area contributed by atoms with Crippen molar-refractivity contribution in [1.29, 1.82) is 0 Å². The van der Waals surface area contributed by atoms with E-state index in [1.165, 1.54) is 0 Å². The Balaban J connectivity index is 3.64. The van der Waals surface area contributed by atoms with Gasteiger partial charge in [0.25, 0.3) is 0 Å². The molecule has 0 aliphatic carbocycles. The van der Waals surface area contributed by atoms with Gasteiger partial charge in [-0.1, -0.05) is 0 Å². The fraction of sp³-hybridized carbons (Fsp3) is 0.900. The molecule has 0 saturated carbocycles. The van der Waals surface area contributed by atoms with E-state index in [0.717, 1.165) is 0 Å². The van der Waals surface area contributed by atoms with Crippen molar-refractivity contribution in [3.05, 3.63) is 0 Å². The Morgan fingerprint density at radius 2 is 1.80 bits per heavy atom. The van der Waals surface area contributed by atoms with Gasteiger partial charge in [0.1, 0.15) is 5.60 Å². The molecule has 0 atom stereocenters. The summed E-state index contributed by atoms with van der Waals surface area (Å²) in [6.07, 6.45) is -0.340. The number of nitrogens with one attached hydrogen (secondary N) is 1. The van der Waals surface area contributed by atoms with Gasteiger partial charge in [-0.3, -0.25) is 4.79 Å². The van der Waals surface area contributed by atoms with Crippen molar-refractivity contribution in [2.75, 3.05) is 27.3 Å². The summed E-state index contributed by atoms with van der Waals surface area (Å²) in [5, 5.41) is 2.89. The van der Waals surface area contributed by atoms with Gasteiger partial charge in [-0.2, -0.15) is 0 Å². The van der Waals surface area contributed by atoms with Crippen molar-refractivity contribution in [2.24, 2.45) is 0 Å². The van der Waals surface area contributed by atoms with Crippen LogP contribution in [0.15, 0.2) is 0 Å². The van der Waals surface area contributed by atoms with E-state index in [2.05, 4.69) is 5.32 Å². The van der Waals surface area contributed by atoms with Gasteiger partial charge in [-0.15, -0.1) is 0 Å². The van der Waals surface area contributed by atoms with E-state index in [9.17, 15) is 4.79 Å². The second-order valence-corrected chi connectivity index (χ2v) is 4.12. The molecule has 0 radical (unpaired) electrons. The van der Waals surface area contributed by atoms with Crippen molar-refractivity contribution in [1.82, 2.24) is 5.32 Å². The molecule has 0 bridgehead atoms. The average molecular weight is 219 g/mol. The fourth-order valence-corrected chi connectivity index (χ4v) is 0.933. The van der Waals surface area contributed by atoms with Crippen LogP contribution in [-0.4, -0.2) is 45.2 Å². The highest BCUT2D eigenvalue weighted by Crippen LogP contribution is 2.06. The number of rotatable bonds is 6. The van der Waals surface area contributed by atoms with Gasteiger partial charge in [-0.25, -0.2) is 0 Å². The first-order valence-electron chi connectivity index (χ1n) is 4.87. The summed E-state index contributed by atoms with van der Waals surface area (Å²) in [7, 11) is 3.09. The highest BCUT2D eigenvalue weighted by molar-refractivity contribution is 5.72. The molecule has 5 heteroatoms. The minimum atomic E-state index is -0.444. The van der Waals surface area contributed by atoms with Crippen molar-refractivity contribution >= 4 is 5.97 Å². The maximum absolute atomic E-state index is 11.3. The van der Waals surface area contributed by atoms with Crippen molar-refractivity contribution in [3.63, 3.8) is 0 Å². The zero-order valence-corrected chi connectivity index (χ0v) is 10.1. The summed E-state index contributed by atoms with van der Waals surface area (Å²) in [6, 6.07) is 0. The van der Waals surface area contributed by atoms with Crippen LogP contribution in [0.5, 0.6) is 0 Å². The van der Waals surface area contributed by atoms with Gasteiger partial charge >= 0.3 is 5.97 Å². The zero-order valence-electron chi connectivity index (χ0n) is 10.1. The molecule has 15 heavy (non-hydrogen) atoms. The lowest BCUT2D eigenvalue weighted by Gasteiger charge is -2.20. The monoisotopic (exact) mass is 219 g/mol. The number of ether oxygens (including phenoxy) is 3. The van der Waals surface area contributed by atoms with E-state index < -0.39 is 5.60 Å². The summed E-state index contributed by atoms with van der Waals surface area (Å²) in [4.78, 5) is 11.3. The number of esters is 1. The van der Waals surface area contributed by atoms with E-state index in [1.807, 2.05) is 20.8 Å². The Morgan fingerprint density at radius 3 is 2.20 bits per heavy atom. The fourth-order valence-electron chi connectivity index (χ4n) is 0.933. The van der Waals surface area contributed by atoms with Crippen molar-refractivity contribution in [3.8, 4) is 0 Å². The average Bonchev–Trinajstić information content (AvgIpc) is 2.09. The van der Waals surface area contributed by atoms with E-state index in [-0.39, 0.29) is 18.8 Å². The van der Waals surface area contributed by atoms with Crippen molar-refractivity contribution < 1.29 is 19.0 Å². The Morgan fingerprint density at radius 1 is 1.27 bits per heavy atom. The van der Waals surface area contributed by atoms with Gasteiger partial charge < -0.3 is 19.5 Å². The molecule has 0 rings (SSSR count). The van der Waals surface area contributed by atoms with Crippen LogP contribution in [0.25, 0.3) is 0 Å². The summed E-state index contributed by atoms with van der Waals surface area (Å²) in [5.74, 6) is -0.284. The molecule has 0 aliphatic heterocycles. The number of carbonyl (C=O) groups is 1. The van der Waals surface area contributed by atoms with Crippen LogP contribution < -0.4 is 5.32 Å². The minimum Gasteiger partial charge on any atom is -0.459 e. The third-order valence-corrected chi connectivity index (χ3v) is 1.53. The molecule has 0 saturated heterocycles. The first kappa shape index (κ1) is 14.3. The van der Waals surface area contributed by atoms with Crippen molar-refractivity contribution in [2.45, 2.75) is 32.7 Å². The number of hydrogen-bond donors (Lipinski definition) is 1. The van der Waals surface area contributed by atoms with E-state index >= 15 is 0 Å². The first-order chi connectivity index (χ1) is 6.89. The lowest BCUT2D eigenvalue weighted by Crippen LogP contribution is -2.36. The van der Waals surface area contributed by atoms with Gasteiger partial charge in [-0.05, 0) is 20.8 Å². The third kappa shape index (κ3) is 8.35. The predicted octanol–water partition coefficient (Wildman–Crippen LogP) is 0.537. The molecular formula is C10H21NO4. The summed E-state index contributed by atoms with van der Waals surface area (Å²) in [6.45, 7) is 6.10. The summed E-state index contributed by atoms with van der Waals surface area (Å²) >= 11 is 0. The van der Waals surface area contributed by atoms with E-state index in [1.54, 1.807) is 14.2 Å². The molecule has 0 fully saturated rings. The predicted molar refractivity (Wildman–Crippen MR) is 56.5 cm³/mol. The molecule has 1 N–H and O–H groups in total. The molecule has 0 aromatic heterocycles. The standard InChI is InChI=1S/C10H21NO4/c1-10(2,3)15-8(12)6-11-7-9(13-4)14-5/h9,11H,6-7H2,1-5H3. The normalized spacial score (nSPS) is 11.9. The minimum absolute atomic E-state index is 0.153. The summed E-state index contributed by atoms with van der Waals surface area (Å²) in [5.41, 5.74) is -0.444. The van der Waals surface area contributed by atoms with Crippen LogP contribution in [0.4, 0.5) is 0 Å². The molecule has 0 spiro atoms. The number of methoxy groups -OCH3 is 2. The van der Waals surface area contributed by atoms with Gasteiger partial charge in [0.15, 0.2) is 6.29 Å². The Hall–Kier alpha value is -0.650. The third-order valence-electron chi connectivity index (χ3n) is 1.53. The number of carbonyl (C=O) groups excluding carboxylic acids is 1. The molecule has 0 aliphatic rings. The SMILES string of the molecule is COC(CNCC(=O)OC(C)(C)C)OC. The molecule has 0 amide bonds. The van der Waals surface area contributed by atoms with Gasteiger partial charge in [0.2, 0.25) is 0 Å². The second kappa shape index (κ2) is 6.76. The van der Waals surface area contributed by atoms with Crippen LogP contribution >= 0.6 is 0 Å². The highest BCUT2D eigenvalue weighted by atomic mass is 16.7. The maximum Gasteiger partial charge on any atom is 0.320 e. The quantitative estimate of drug-likeness (QED) is 0.522. The molecule has 0 aromatic rings. The van der Waals surface area contributed by atoms with Gasteiger partial charge in [0, 0.05) is 20.8 Å². The number of hydrogen-bond acceptors (Lipinski definition) is 5. The van der Waals surface area contributed by atoms with Crippen LogP contribution in [0, 0.1) is 0 Å². The van der Waals surface area contributed by atoms with Crippen LogP contribution in [0.2, 0.25) is 0 Å². The Kier molecular flexibility index (Phi) is 6.47. The smallest absolute Gasteiger partial charge is 0.320 e. The lowest BCUT2D eigenvalue weighted by atomic mass is 10.2. The van der Waals surface area contributed by atoms with Crippen LogP contribution in [0.1, 0.15) is 20.8 Å². The molecule has 0 aromatic carbocycles. The van der Waals surface area contributed by atoms with E-state index in [4.69, 9.17) is 14.2 Å². The maximum atomic E-state index is 11.3. The van der Waals surface area contributed by atoms with Gasteiger partial charge in [0.05, 0.1) is 6.54 Å². The lowest BCUT2D eigenvalue weighted by molar-refractivity contribution is -0.154. The van der Waals surface area contributed by atoms with E-state index in [0.29, 0.717) is 6.54 Å². The Bertz CT molecular complexity index is 184.